The van der Waals surface area contributed by atoms with Crippen molar-refractivity contribution >= 4 is 11.6 Å². The Labute approximate surface area is 128 Å². The minimum absolute atomic E-state index is 0.169. The van der Waals surface area contributed by atoms with Gasteiger partial charge in [-0.1, -0.05) is 23.7 Å². The predicted molar refractivity (Wildman–Crippen MR) is 81.9 cm³/mol. The summed E-state index contributed by atoms with van der Waals surface area (Å²) in [5.74, 6) is 0.504. The van der Waals surface area contributed by atoms with Crippen LogP contribution in [0, 0.1) is 5.82 Å². The molecule has 0 saturated heterocycles. The lowest BCUT2D eigenvalue weighted by atomic mass is 9.98. The van der Waals surface area contributed by atoms with Gasteiger partial charge in [-0.2, -0.15) is 0 Å². The van der Waals surface area contributed by atoms with Crippen molar-refractivity contribution in [1.29, 1.82) is 0 Å². The number of benzene rings is 2. The first-order valence-corrected chi connectivity index (χ1v) is 6.82. The Balaban J connectivity index is 2.44. The van der Waals surface area contributed by atoms with Crippen molar-refractivity contribution in [3.8, 4) is 11.5 Å². The van der Waals surface area contributed by atoms with Crippen LogP contribution in [0.5, 0.6) is 11.5 Å². The first-order valence-electron chi connectivity index (χ1n) is 6.44. The molecule has 0 spiro atoms. The molecular weight excluding hydrogens is 293 g/mol. The van der Waals surface area contributed by atoms with Crippen LogP contribution in [0.15, 0.2) is 36.4 Å². The predicted octanol–water partition coefficient (Wildman–Crippen LogP) is 3.81. The van der Waals surface area contributed by atoms with Gasteiger partial charge in [-0.3, -0.25) is 0 Å². The van der Waals surface area contributed by atoms with Gasteiger partial charge < -0.3 is 14.8 Å². The Kier molecular flexibility index (Phi) is 5.04. The van der Waals surface area contributed by atoms with E-state index in [1.54, 1.807) is 25.3 Å². The third-order valence-electron chi connectivity index (χ3n) is 3.32. The van der Waals surface area contributed by atoms with Crippen LogP contribution in [0.1, 0.15) is 17.2 Å². The summed E-state index contributed by atoms with van der Waals surface area (Å²) in [5, 5.41) is 3.76. The van der Waals surface area contributed by atoms with Gasteiger partial charge in [0.05, 0.1) is 20.3 Å². The number of rotatable bonds is 5. The molecule has 1 unspecified atom stereocenters. The van der Waals surface area contributed by atoms with Crippen LogP contribution in [0.3, 0.4) is 0 Å². The third kappa shape index (κ3) is 3.28. The average molecular weight is 310 g/mol. The summed E-state index contributed by atoms with van der Waals surface area (Å²) in [6.45, 7) is 0. The van der Waals surface area contributed by atoms with Gasteiger partial charge in [0.1, 0.15) is 5.75 Å². The molecule has 0 aromatic heterocycles. The van der Waals surface area contributed by atoms with Crippen LogP contribution in [0.25, 0.3) is 0 Å². The molecule has 0 bridgehead atoms. The second-order valence-electron chi connectivity index (χ2n) is 4.50. The third-order valence-corrected chi connectivity index (χ3v) is 3.64. The average Bonchev–Trinajstić information content (AvgIpc) is 2.50. The molecule has 2 rings (SSSR count). The topological polar surface area (TPSA) is 30.5 Å². The van der Waals surface area contributed by atoms with Crippen molar-refractivity contribution in [3.05, 3.63) is 58.4 Å². The van der Waals surface area contributed by atoms with Gasteiger partial charge in [0.15, 0.2) is 11.6 Å². The van der Waals surface area contributed by atoms with Gasteiger partial charge in [0.25, 0.3) is 0 Å². The first kappa shape index (κ1) is 15.6. The molecule has 0 heterocycles. The molecule has 2 aromatic carbocycles. The van der Waals surface area contributed by atoms with E-state index in [2.05, 4.69) is 5.32 Å². The minimum atomic E-state index is -0.392. The summed E-state index contributed by atoms with van der Waals surface area (Å²) >= 11 is 6.31. The van der Waals surface area contributed by atoms with E-state index in [1.165, 1.54) is 13.2 Å². The van der Waals surface area contributed by atoms with Gasteiger partial charge >= 0.3 is 0 Å². The van der Waals surface area contributed by atoms with Crippen LogP contribution in [-0.4, -0.2) is 21.3 Å². The zero-order chi connectivity index (χ0) is 15.4. The summed E-state index contributed by atoms with van der Waals surface area (Å²) < 4.78 is 23.7. The molecule has 21 heavy (non-hydrogen) atoms. The molecule has 1 N–H and O–H groups in total. The molecule has 0 radical (unpaired) electrons. The van der Waals surface area contributed by atoms with Crippen LogP contribution in [-0.2, 0) is 0 Å². The molecule has 112 valence electrons. The highest BCUT2D eigenvalue weighted by Crippen LogP contribution is 2.32. The number of ether oxygens (including phenoxy) is 2. The van der Waals surface area contributed by atoms with Crippen molar-refractivity contribution in [1.82, 2.24) is 5.32 Å². The van der Waals surface area contributed by atoms with Crippen LogP contribution < -0.4 is 14.8 Å². The lowest BCUT2D eigenvalue weighted by Crippen LogP contribution is -2.18. The lowest BCUT2D eigenvalue weighted by molar-refractivity contribution is 0.385. The fourth-order valence-corrected chi connectivity index (χ4v) is 2.51. The summed E-state index contributed by atoms with van der Waals surface area (Å²) in [5.41, 5.74) is 1.75. The fraction of sp³-hybridized carbons (Fsp3) is 0.250. The molecule has 3 nitrogen and oxygen atoms in total. The highest BCUT2D eigenvalue weighted by Gasteiger charge is 2.17. The maximum atomic E-state index is 13.5. The Morgan fingerprint density at radius 2 is 1.86 bits per heavy atom. The molecule has 0 saturated carbocycles. The second-order valence-corrected chi connectivity index (χ2v) is 4.91. The number of hydrogen-bond acceptors (Lipinski definition) is 3. The maximum absolute atomic E-state index is 13.5. The molecule has 5 heteroatoms. The van der Waals surface area contributed by atoms with Crippen molar-refractivity contribution in [2.45, 2.75) is 6.04 Å². The molecule has 0 fully saturated rings. The van der Waals surface area contributed by atoms with Crippen molar-refractivity contribution < 1.29 is 13.9 Å². The Bertz CT molecular complexity index is 634. The summed E-state index contributed by atoms with van der Waals surface area (Å²) in [4.78, 5) is 0. The molecular formula is C16H17ClFNO2. The zero-order valence-electron chi connectivity index (χ0n) is 12.1. The van der Waals surface area contributed by atoms with E-state index in [1.807, 2.05) is 19.2 Å². The molecule has 0 aliphatic rings. The minimum Gasteiger partial charge on any atom is -0.497 e. The molecule has 2 aromatic rings. The van der Waals surface area contributed by atoms with E-state index >= 15 is 0 Å². The Morgan fingerprint density at radius 3 is 2.43 bits per heavy atom. The van der Waals surface area contributed by atoms with E-state index in [0.717, 1.165) is 11.1 Å². The van der Waals surface area contributed by atoms with Crippen LogP contribution in [0.4, 0.5) is 4.39 Å². The zero-order valence-corrected chi connectivity index (χ0v) is 12.9. The number of methoxy groups -OCH3 is 2. The quantitative estimate of drug-likeness (QED) is 0.911. The van der Waals surface area contributed by atoms with Gasteiger partial charge in [-0.25, -0.2) is 4.39 Å². The smallest absolute Gasteiger partial charge is 0.165 e. The molecule has 1 atom stereocenters. The lowest BCUT2D eigenvalue weighted by Gasteiger charge is -2.20. The standard InChI is InChI=1S/C16H17ClFNO2/c1-19-16(10-4-7-14(18)15(8-10)21-3)12-6-5-11(20-2)9-13(12)17/h4-9,16,19H,1-3H3. The van der Waals surface area contributed by atoms with Crippen molar-refractivity contribution in [2.75, 3.05) is 21.3 Å². The monoisotopic (exact) mass is 309 g/mol. The SMILES string of the molecule is CNC(c1ccc(F)c(OC)c1)c1ccc(OC)cc1Cl. The van der Waals surface area contributed by atoms with Crippen LogP contribution >= 0.6 is 11.6 Å². The number of halogens is 2. The summed E-state index contributed by atoms with van der Waals surface area (Å²) in [7, 11) is 4.85. The summed E-state index contributed by atoms with van der Waals surface area (Å²) in [6.07, 6.45) is 0. The fourth-order valence-electron chi connectivity index (χ4n) is 2.23. The molecule has 0 aliphatic heterocycles. The highest BCUT2D eigenvalue weighted by atomic mass is 35.5. The molecule has 0 aliphatic carbocycles. The van der Waals surface area contributed by atoms with Gasteiger partial charge in [-0.05, 0) is 42.4 Å². The van der Waals surface area contributed by atoms with E-state index in [4.69, 9.17) is 21.1 Å². The maximum Gasteiger partial charge on any atom is 0.165 e. The Morgan fingerprint density at radius 1 is 1.10 bits per heavy atom. The van der Waals surface area contributed by atoms with Crippen molar-refractivity contribution in [2.24, 2.45) is 0 Å². The normalized spacial score (nSPS) is 12.0. The largest absolute Gasteiger partial charge is 0.497 e. The van der Waals surface area contributed by atoms with Gasteiger partial charge in [-0.15, -0.1) is 0 Å². The number of nitrogens with one attached hydrogen (secondary N) is 1. The van der Waals surface area contributed by atoms with E-state index in [9.17, 15) is 4.39 Å². The molecule has 0 amide bonds. The van der Waals surface area contributed by atoms with Gasteiger partial charge in [0, 0.05) is 5.02 Å². The van der Waals surface area contributed by atoms with Gasteiger partial charge in [0.2, 0.25) is 0 Å². The number of hydrogen-bond donors (Lipinski definition) is 1. The van der Waals surface area contributed by atoms with E-state index < -0.39 is 5.82 Å². The summed E-state index contributed by atoms with van der Waals surface area (Å²) in [6, 6.07) is 10.1. The van der Waals surface area contributed by atoms with Crippen LogP contribution in [0.2, 0.25) is 5.02 Å². The highest BCUT2D eigenvalue weighted by molar-refractivity contribution is 6.31. The van der Waals surface area contributed by atoms with E-state index in [0.29, 0.717) is 10.8 Å². The first-order chi connectivity index (χ1) is 10.1. The Hall–Kier alpha value is -1.78. The van der Waals surface area contributed by atoms with Crippen molar-refractivity contribution in [3.63, 3.8) is 0 Å². The van der Waals surface area contributed by atoms with E-state index in [-0.39, 0.29) is 11.8 Å². The second kappa shape index (κ2) is 6.78.